The van der Waals surface area contributed by atoms with E-state index in [4.69, 9.17) is 0 Å². The summed E-state index contributed by atoms with van der Waals surface area (Å²) < 4.78 is 53.4. The molecule has 1 aromatic carbocycles. The Morgan fingerprint density at radius 3 is 2.26 bits per heavy atom. The highest BCUT2D eigenvalue weighted by Crippen LogP contribution is 2.32. The second-order valence-corrected chi connectivity index (χ2v) is 4.81. The molecule has 6 heteroatoms. The van der Waals surface area contributed by atoms with E-state index in [9.17, 15) is 17.6 Å². The summed E-state index contributed by atoms with van der Waals surface area (Å²) in [5, 5.41) is 3.10. The van der Waals surface area contributed by atoms with Gasteiger partial charge in [0.2, 0.25) is 0 Å². The van der Waals surface area contributed by atoms with Gasteiger partial charge in [0.25, 0.3) is 0 Å². The Labute approximate surface area is 108 Å². The van der Waals surface area contributed by atoms with Crippen molar-refractivity contribution in [2.75, 3.05) is 26.3 Å². The van der Waals surface area contributed by atoms with Crippen molar-refractivity contribution < 1.29 is 22.3 Å². The number of rotatable bonds is 5. The number of ether oxygens (including phenoxy) is 1. The molecule has 0 bridgehead atoms. The first-order valence-corrected chi connectivity index (χ1v) is 6.03. The van der Waals surface area contributed by atoms with Crippen LogP contribution in [-0.4, -0.2) is 32.5 Å². The smallest absolute Gasteiger partial charge is 0.372 e. The number of hydrogen-bond acceptors (Lipinski definition) is 2. The normalized spacial score (nSPS) is 18.1. The number of benzene rings is 1. The van der Waals surface area contributed by atoms with Crippen molar-refractivity contribution in [1.82, 2.24) is 5.32 Å². The fourth-order valence-electron chi connectivity index (χ4n) is 2.21. The summed E-state index contributed by atoms with van der Waals surface area (Å²) in [6, 6.07) is 6.10. The molecule has 19 heavy (non-hydrogen) atoms. The van der Waals surface area contributed by atoms with E-state index in [0.29, 0.717) is 19.5 Å². The molecular weight excluding hydrogens is 262 g/mol. The van der Waals surface area contributed by atoms with Gasteiger partial charge in [-0.05, 0) is 24.1 Å². The van der Waals surface area contributed by atoms with Gasteiger partial charge in [0.15, 0.2) is 0 Å². The van der Waals surface area contributed by atoms with E-state index in [1.807, 2.05) is 0 Å². The summed E-state index contributed by atoms with van der Waals surface area (Å²) >= 11 is 0. The van der Waals surface area contributed by atoms with Crippen molar-refractivity contribution in [3.8, 4) is 0 Å². The van der Waals surface area contributed by atoms with Crippen LogP contribution < -0.4 is 5.32 Å². The van der Waals surface area contributed by atoms with Crippen LogP contribution >= 0.6 is 0 Å². The minimum absolute atomic E-state index is 0.0402. The van der Waals surface area contributed by atoms with Crippen LogP contribution in [0.2, 0.25) is 0 Å². The zero-order valence-corrected chi connectivity index (χ0v) is 10.3. The van der Waals surface area contributed by atoms with Crippen molar-refractivity contribution in [1.29, 1.82) is 0 Å². The van der Waals surface area contributed by atoms with Crippen molar-refractivity contribution in [3.05, 3.63) is 35.6 Å². The zero-order valence-electron chi connectivity index (χ0n) is 10.3. The molecule has 1 fully saturated rings. The van der Waals surface area contributed by atoms with Crippen LogP contribution in [0.3, 0.4) is 0 Å². The molecule has 1 heterocycles. The predicted molar refractivity (Wildman–Crippen MR) is 62.4 cm³/mol. The van der Waals surface area contributed by atoms with Crippen LogP contribution in [0, 0.1) is 5.82 Å². The lowest BCUT2D eigenvalue weighted by Gasteiger charge is -2.43. The van der Waals surface area contributed by atoms with Gasteiger partial charge in [-0.1, -0.05) is 12.1 Å². The molecule has 0 amide bonds. The third-order valence-corrected chi connectivity index (χ3v) is 3.37. The fourth-order valence-corrected chi connectivity index (χ4v) is 2.21. The summed E-state index contributed by atoms with van der Waals surface area (Å²) in [5.74, 6) is -0.320. The highest BCUT2D eigenvalue weighted by Gasteiger charge is 2.38. The van der Waals surface area contributed by atoms with E-state index in [2.05, 4.69) is 10.1 Å². The maximum Gasteiger partial charge on any atom is 0.411 e. The van der Waals surface area contributed by atoms with Gasteiger partial charge in [-0.2, -0.15) is 13.2 Å². The van der Waals surface area contributed by atoms with E-state index >= 15 is 0 Å². The molecule has 0 saturated carbocycles. The van der Waals surface area contributed by atoms with Crippen molar-refractivity contribution in [3.63, 3.8) is 0 Å². The average molecular weight is 277 g/mol. The lowest BCUT2D eigenvalue weighted by Crippen LogP contribution is -2.57. The van der Waals surface area contributed by atoms with Gasteiger partial charge in [-0.25, -0.2) is 4.39 Å². The Hall–Kier alpha value is -1.14. The Morgan fingerprint density at radius 1 is 1.16 bits per heavy atom. The van der Waals surface area contributed by atoms with Gasteiger partial charge >= 0.3 is 6.18 Å². The third kappa shape index (κ3) is 3.67. The molecule has 0 atom stereocenters. The Balaban J connectivity index is 1.90. The molecule has 2 rings (SSSR count). The van der Waals surface area contributed by atoms with E-state index in [-0.39, 0.29) is 17.8 Å². The molecule has 0 radical (unpaired) electrons. The minimum Gasteiger partial charge on any atom is -0.372 e. The summed E-state index contributed by atoms with van der Waals surface area (Å²) in [6.45, 7) is 0.167. The first-order chi connectivity index (χ1) is 8.91. The van der Waals surface area contributed by atoms with Crippen LogP contribution in [0.1, 0.15) is 12.0 Å². The van der Waals surface area contributed by atoms with Gasteiger partial charge in [0.05, 0.1) is 0 Å². The van der Waals surface area contributed by atoms with Crippen molar-refractivity contribution >= 4 is 0 Å². The molecule has 2 nitrogen and oxygen atoms in total. The van der Waals surface area contributed by atoms with E-state index < -0.39 is 12.8 Å². The fraction of sp³-hybridized carbons (Fsp3) is 0.538. The molecular formula is C13H15F4NO. The second kappa shape index (κ2) is 5.46. The Kier molecular flexibility index (Phi) is 4.10. The van der Waals surface area contributed by atoms with Crippen LogP contribution in [0.15, 0.2) is 24.3 Å². The molecule has 0 aromatic heterocycles. The monoisotopic (exact) mass is 277 g/mol. The van der Waals surface area contributed by atoms with E-state index in [0.717, 1.165) is 5.56 Å². The Morgan fingerprint density at radius 2 is 1.79 bits per heavy atom. The van der Waals surface area contributed by atoms with Gasteiger partial charge in [0.1, 0.15) is 12.4 Å². The summed E-state index contributed by atoms with van der Waals surface area (Å²) in [5.41, 5.74) is 0.697. The summed E-state index contributed by atoms with van der Waals surface area (Å²) in [6.07, 6.45) is -3.80. The Bertz CT molecular complexity index is 412. The molecule has 1 aromatic rings. The number of nitrogens with one attached hydrogen (secondary N) is 1. The minimum atomic E-state index is -4.29. The topological polar surface area (TPSA) is 21.3 Å². The zero-order chi connectivity index (χ0) is 13.9. The highest BCUT2D eigenvalue weighted by molar-refractivity contribution is 5.30. The quantitative estimate of drug-likeness (QED) is 0.660. The van der Waals surface area contributed by atoms with Crippen LogP contribution in [0.4, 0.5) is 17.6 Å². The average Bonchev–Trinajstić information content (AvgIpc) is 2.27. The number of halogens is 4. The molecule has 0 spiro atoms. The van der Waals surface area contributed by atoms with E-state index in [1.54, 1.807) is 12.1 Å². The summed E-state index contributed by atoms with van der Waals surface area (Å²) in [4.78, 5) is 0. The number of alkyl halides is 3. The van der Waals surface area contributed by atoms with Crippen molar-refractivity contribution in [2.24, 2.45) is 0 Å². The molecule has 1 aliphatic heterocycles. The first-order valence-electron chi connectivity index (χ1n) is 6.03. The van der Waals surface area contributed by atoms with Crippen LogP contribution in [0.25, 0.3) is 0 Å². The lowest BCUT2D eigenvalue weighted by molar-refractivity contribution is -0.175. The second-order valence-electron chi connectivity index (χ2n) is 4.81. The SMILES string of the molecule is Fc1ccc(C2(CCOCC(F)(F)F)CNC2)cc1. The van der Waals surface area contributed by atoms with Crippen LogP contribution in [0.5, 0.6) is 0 Å². The molecule has 1 N–H and O–H groups in total. The molecule has 0 unspecified atom stereocenters. The largest absolute Gasteiger partial charge is 0.411 e. The highest BCUT2D eigenvalue weighted by atomic mass is 19.4. The molecule has 106 valence electrons. The molecule has 0 aliphatic carbocycles. The van der Waals surface area contributed by atoms with Gasteiger partial charge in [-0.3, -0.25) is 0 Å². The third-order valence-electron chi connectivity index (χ3n) is 3.37. The predicted octanol–water partition coefficient (Wildman–Crippen LogP) is 2.64. The van der Waals surface area contributed by atoms with Gasteiger partial charge in [-0.15, -0.1) is 0 Å². The van der Waals surface area contributed by atoms with Crippen LogP contribution in [-0.2, 0) is 10.2 Å². The van der Waals surface area contributed by atoms with Gasteiger partial charge < -0.3 is 10.1 Å². The van der Waals surface area contributed by atoms with Crippen molar-refractivity contribution in [2.45, 2.75) is 18.0 Å². The maximum atomic E-state index is 12.9. The molecule has 1 saturated heterocycles. The maximum absolute atomic E-state index is 12.9. The molecule has 1 aliphatic rings. The summed E-state index contributed by atoms with van der Waals surface area (Å²) in [7, 11) is 0. The number of hydrogen-bond donors (Lipinski definition) is 1. The lowest BCUT2D eigenvalue weighted by atomic mass is 9.73. The first kappa shape index (κ1) is 14.3. The standard InChI is InChI=1S/C13H15F4NO/c14-11-3-1-10(2-4-11)12(7-18-8-12)5-6-19-9-13(15,16)17/h1-4,18H,5-9H2. The van der Waals surface area contributed by atoms with E-state index in [1.165, 1.54) is 12.1 Å². The van der Waals surface area contributed by atoms with Gasteiger partial charge in [0, 0.05) is 25.1 Å².